The van der Waals surface area contributed by atoms with E-state index in [1.807, 2.05) is 0 Å². The SMILES string of the molecule is CS(=O)(=O)CCCCc1nc(CCCCS(C)(=O)=O)nc(Nc2cccc(S(=O)(=O)O)c2)n1. The third-order valence-corrected chi connectivity index (χ3v) is 7.36. The second-order valence-electron chi connectivity index (χ2n) is 7.79. The number of aromatic nitrogens is 3. The molecule has 1 aromatic heterocycles. The highest BCUT2D eigenvalue weighted by molar-refractivity contribution is 7.90. The highest BCUT2D eigenvalue weighted by atomic mass is 32.2. The first-order valence-electron chi connectivity index (χ1n) is 10.2. The number of unbranched alkanes of at least 4 members (excludes halogenated alkanes) is 2. The van der Waals surface area contributed by atoms with Crippen molar-refractivity contribution in [3.05, 3.63) is 35.9 Å². The van der Waals surface area contributed by atoms with Crippen LogP contribution in [-0.2, 0) is 42.6 Å². The fraction of sp³-hybridized carbons (Fsp3) is 0.526. The molecule has 0 aliphatic carbocycles. The highest BCUT2D eigenvalue weighted by Crippen LogP contribution is 2.19. The summed E-state index contributed by atoms with van der Waals surface area (Å²) in [6.45, 7) is 0. The van der Waals surface area contributed by atoms with E-state index < -0.39 is 29.8 Å². The van der Waals surface area contributed by atoms with Crippen LogP contribution in [0.3, 0.4) is 0 Å². The first kappa shape index (κ1) is 27.1. The van der Waals surface area contributed by atoms with Crippen molar-refractivity contribution in [1.29, 1.82) is 0 Å². The number of benzene rings is 1. The highest BCUT2D eigenvalue weighted by Gasteiger charge is 2.12. The maximum Gasteiger partial charge on any atom is 0.294 e. The zero-order valence-electron chi connectivity index (χ0n) is 18.4. The molecule has 11 nitrogen and oxygen atoms in total. The van der Waals surface area contributed by atoms with Crippen molar-refractivity contribution >= 4 is 41.4 Å². The van der Waals surface area contributed by atoms with Crippen LogP contribution in [0.5, 0.6) is 0 Å². The number of sulfone groups is 2. The Morgan fingerprint density at radius 2 is 1.30 bits per heavy atom. The molecule has 14 heteroatoms. The van der Waals surface area contributed by atoms with E-state index in [2.05, 4.69) is 20.3 Å². The predicted molar refractivity (Wildman–Crippen MR) is 125 cm³/mol. The summed E-state index contributed by atoms with van der Waals surface area (Å²) in [5.74, 6) is 1.15. The van der Waals surface area contributed by atoms with Gasteiger partial charge < -0.3 is 5.32 Å². The van der Waals surface area contributed by atoms with E-state index in [1.54, 1.807) is 6.07 Å². The van der Waals surface area contributed by atoms with Crippen molar-refractivity contribution < 1.29 is 29.8 Å². The molecule has 0 spiro atoms. The lowest BCUT2D eigenvalue weighted by atomic mass is 10.2. The lowest BCUT2D eigenvalue weighted by Crippen LogP contribution is -2.10. The van der Waals surface area contributed by atoms with E-state index in [1.165, 1.54) is 30.7 Å². The van der Waals surface area contributed by atoms with Gasteiger partial charge in [-0.05, 0) is 43.9 Å². The Labute approximate surface area is 194 Å². The minimum absolute atomic E-state index is 0.0595. The van der Waals surface area contributed by atoms with Crippen LogP contribution in [0.4, 0.5) is 11.6 Å². The predicted octanol–water partition coefficient (Wildman–Crippen LogP) is 1.60. The molecule has 0 fully saturated rings. The Hall–Kier alpha value is -2.16. The second kappa shape index (κ2) is 11.3. The standard InChI is InChI=1S/C19H28N4O7S3/c1-31(24,25)12-5-3-10-17-21-18(11-4-6-13-32(2,26)27)23-19(22-17)20-15-8-7-9-16(14-15)33(28,29)30/h7-9,14H,3-6,10-13H2,1-2H3,(H,28,29,30)(H,20,21,22,23). The van der Waals surface area contributed by atoms with E-state index in [9.17, 15) is 29.8 Å². The third-order valence-electron chi connectivity index (χ3n) is 4.45. The lowest BCUT2D eigenvalue weighted by molar-refractivity contribution is 0.483. The molecule has 2 N–H and O–H groups in total. The Balaban J connectivity index is 2.19. The van der Waals surface area contributed by atoms with Gasteiger partial charge in [-0.2, -0.15) is 18.4 Å². The van der Waals surface area contributed by atoms with Gasteiger partial charge in [-0.15, -0.1) is 0 Å². The van der Waals surface area contributed by atoms with Crippen LogP contribution in [0.2, 0.25) is 0 Å². The summed E-state index contributed by atoms with van der Waals surface area (Å²) in [6, 6.07) is 5.51. The van der Waals surface area contributed by atoms with Gasteiger partial charge >= 0.3 is 0 Å². The Morgan fingerprint density at radius 1 is 0.788 bits per heavy atom. The van der Waals surface area contributed by atoms with Crippen LogP contribution in [0.25, 0.3) is 0 Å². The first-order valence-corrected chi connectivity index (χ1v) is 15.7. The van der Waals surface area contributed by atoms with Gasteiger partial charge in [0.1, 0.15) is 31.3 Å². The summed E-state index contributed by atoms with van der Waals surface area (Å²) in [7, 11) is -10.5. The molecule has 33 heavy (non-hydrogen) atoms. The molecular weight excluding hydrogens is 492 g/mol. The van der Waals surface area contributed by atoms with Crippen LogP contribution in [0, 0.1) is 0 Å². The molecule has 2 aromatic rings. The van der Waals surface area contributed by atoms with Gasteiger partial charge in [0.05, 0.1) is 4.90 Å². The van der Waals surface area contributed by atoms with Gasteiger partial charge in [-0.25, -0.2) is 21.8 Å². The van der Waals surface area contributed by atoms with Crippen molar-refractivity contribution in [3.8, 4) is 0 Å². The number of anilines is 2. The van der Waals surface area contributed by atoms with E-state index in [0.717, 1.165) is 0 Å². The van der Waals surface area contributed by atoms with Crippen LogP contribution in [0.15, 0.2) is 29.2 Å². The Bertz CT molecular complexity index is 1220. The normalized spacial score (nSPS) is 12.6. The van der Waals surface area contributed by atoms with E-state index in [-0.39, 0.29) is 22.3 Å². The summed E-state index contributed by atoms with van der Waals surface area (Å²) in [6.07, 6.45) is 5.16. The molecular formula is C19H28N4O7S3. The van der Waals surface area contributed by atoms with Crippen molar-refractivity contribution in [2.75, 3.05) is 29.3 Å². The summed E-state index contributed by atoms with van der Waals surface area (Å²) in [5.41, 5.74) is 0.336. The van der Waals surface area contributed by atoms with E-state index in [4.69, 9.17) is 0 Å². The number of hydrogen-bond acceptors (Lipinski definition) is 10. The minimum atomic E-state index is -4.38. The van der Waals surface area contributed by atoms with Crippen molar-refractivity contribution in [2.45, 2.75) is 43.4 Å². The molecule has 0 aliphatic heterocycles. The van der Waals surface area contributed by atoms with Gasteiger partial charge in [-0.1, -0.05) is 6.07 Å². The summed E-state index contributed by atoms with van der Waals surface area (Å²) in [5, 5.41) is 2.90. The molecule has 2 rings (SSSR count). The Morgan fingerprint density at radius 3 is 1.76 bits per heavy atom. The molecule has 1 heterocycles. The zero-order valence-corrected chi connectivity index (χ0v) is 20.9. The molecule has 0 radical (unpaired) electrons. The zero-order chi connectivity index (χ0) is 24.7. The lowest BCUT2D eigenvalue weighted by Gasteiger charge is -2.10. The fourth-order valence-electron chi connectivity index (χ4n) is 2.91. The topological polar surface area (TPSA) is 173 Å². The maximum atomic E-state index is 11.4. The number of aryl methyl sites for hydroxylation is 2. The first-order chi connectivity index (χ1) is 15.2. The maximum absolute atomic E-state index is 11.4. The van der Waals surface area contributed by atoms with Crippen LogP contribution in [0.1, 0.15) is 37.3 Å². The molecule has 0 bridgehead atoms. The quantitative estimate of drug-likeness (QED) is 0.290. The Kier molecular flexibility index (Phi) is 9.29. The molecule has 184 valence electrons. The van der Waals surface area contributed by atoms with Crippen molar-refractivity contribution in [2.24, 2.45) is 0 Å². The molecule has 0 saturated heterocycles. The molecule has 0 unspecified atom stereocenters. The molecule has 0 saturated carbocycles. The number of hydrogen-bond donors (Lipinski definition) is 2. The largest absolute Gasteiger partial charge is 0.324 e. The third kappa shape index (κ3) is 11.0. The number of rotatable bonds is 13. The van der Waals surface area contributed by atoms with Gasteiger partial charge in [0.2, 0.25) is 5.95 Å². The van der Waals surface area contributed by atoms with E-state index >= 15 is 0 Å². The molecule has 0 amide bonds. The van der Waals surface area contributed by atoms with Crippen LogP contribution < -0.4 is 5.32 Å². The van der Waals surface area contributed by atoms with Crippen molar-refractivity contribution in [3.63, 3.8) is 0 Å². The van der Waals surface area contributed by atoms with Gasteiger partial charge in [-0.3, -0.25) is 4.55 Å². The van der Waals surface area contributed by atoms with Gasteiger partial charge in [0.15, 0.2) is 0 Å². The average molecular weight is 521 g/mol. The monoisotopic (exact) mass is 520 g/mol. The minimum Gasteiger partial charge on any atom is -0.324 e. The smallest absolute Gasteiger partial charge is 0.294 e. The van der Waals surface area contributed by atoms with Gasteiger partial charge in [0, 0.05) is 42.5 Å². The number of nitrogens with one attached hydrogen (secondary N) is 1. The summed E-state index contributed by atoms with van der Waals surface area (Å²) >= 11 is 0. The molecule has 0 atom stereocenters. The fourth-order valence-corrected chi connectivity index (χ4v) is 4.89. The van der Waals surface area contributed by atoms with E-state index in [0.29, 0.717) is 55.9 Å². The van der Waals surface area contributed by atoms with Crippen LogP contribution >= 0.6 is 0 Å². The molecule has 0 aliphatic rings. The van der Waals surface area contributed by atoms with Gasteiger partial charge in [0.25, 0.3) is 10.1 Å². The summed E-state index contributed by atoms with van der Waals surface area (Å²) in [4.78, 5) is 12.8. The second-order valence-corrected chi connectivity index (χ2v) is 13.7. The molecule has 1 aromatic carbocycles. The average Bonchev–Trinajstić information content (AvgIpc) is 2.67. The summed E-state index contributed by atoms with van der Waals surface area (Å²) < 4.78 is 77.3. The van der Waals surface area contributed by atoms with Crippen molar-refractivity contribution in [1.82, 2.24) is 15.0 Å². The van der Waals surface area contributed by atoms with Crippen LogP contribution in [-0.4, -0.2) is 68.8 Å². The number of nitrogens with zero attached hydrogens (tertiary/aromatic N) is 3.